The summed E-state index contributed by atoms with van der Waals surface area (Å²) >= 11 is 1.44. The van der Waals surface area contributed by atoms with Crippen LogP contribution in [0.4, 0.5) is 0 Å². The molecule has 0 atom stereocenters. The number of carbonyl (C=O) groups excluding carboxylic acids is 2. The molecule has 0 amide bonds. The maximum atomic E-state index is 12.9. The minimum absolute atomic E-state index is 0.0215. The average molecular weight is 383 g/mol. The average Bonchev–Trinajstić information content (AvgIpc) is 3.17. The minimum atomic E-state index is 0.0215. The molecule has 1 aliphatic rings. The minimum Gasteiger partial charge on any atom is -0.289 e. The number of aryl methyl sites for hydroxylation is 2. The van der Waals surface area contributed by atoms with Gasteiger partial charge < -0.3 is 0 Å². The van der Waals surface area contributed by atoms with E-state index in [2.05, 4.69) is 13.8 Å². The lowest BCUT2D eigenvalue weighted by molar-refractivity contribution is 0.0980. The van der Waals surface area contributed by atoms with Crippen molar-refractivity contribution in [2.75, 3.05) is 0 Å². The van der Waals surface area contributed by atoms with Crippen molar-refractivity contribution in [3.05, 3.63) is 56.3 Å². The summed E-state index contributed by atoms with van der Waals surface area (Å²) in [7, 11) is 0. The van der Waals surface area contributed by atoms with E-state index >= 15 is 0 Å². The Bertz CT molecular complexity index is 750. The lowest BCUT2D eigenvalue weighted by Crippen LogP contribution is -2.20. The second-order valence-electron chi connectivity index (χ2n) is 7.65. The SMILES string of the molecule is CCCCCCc1cc2c(cc1CCCCCC)C(=O)c1cscc1C2=O. The van der Waals surface area contributed by atoms with E-state index in [1.807, 2.05) is 22.9 Å². The quantitative estimate of drug-likeness (QED) is 0.363. The standard InChI is InChI=1S/C24H30O2S/c1-3-5-7-9-11-17-13-19-20(14-18(17)12-10-8-6-4-2)24(26)22-16-27-15-21(22)23(19)25/h13-16H,3-12H2,1-2H3. The maximum absolute atomic E-state index is 12.9. The molecule has 2 aromatic rings. The molecule has 144 valence electrons. The molecular weight excluding hydrogens is 352 g/mol. The Labute approximate surface area is 167 Å². The molecule has 0 saturated carbocycles. The molecule has 0 radical (unpaired) electrons. The van der Waals surface area contributed by atoms with Crippen LogP contribution >= 0.6 is 11.3 Å². The molecule has 0 saturated heterocycles. The van der Waals surface area contributed by atoms with E-state index in [0.717, 1.165) is 25.7 Å². The number of carbonyl (C=O) groups is 2. The summed E-state index contributed by atoms with van der Waals surface area (Å²) in [5, 5.41) is 3.64. The first-order valence-corrected chi connectivity index (χ1v) is 11.4. The second-order valence-corrected chi connectivity index (χ2v) is 8.39. The molecule has 27 heavy (non-hydrogen) atoms. The molecule has 0 N–H and O–H groups in total. The summed E-state index contributed by atoms with van der Waals surface area (Å²) in [5.41, 5.74) is 4.97. The van der Waals surface area contributed by atoms with Crippen molar-refractivity contribution in [2.45, 2.75) is 78.1 Å². The van der Waals surface area contributed by atoms with Gasteiger partial charge in [-0.3, -0.25) is 9.59 Å². The van der Waals surface area contributed by atoms with E-state index in [0.29, 0.717) is 22.3 Å². The number of hydrogen-bond donors (Lipinski definition) is 0. The van der Waals surface area contributed by atoms with Gasteiger partial charge in [0, 0.05) is 33.0 Å². The van der Waals surface area contributed by atoms with E-state index in [1.165, 1.54) is 61.0 Å². The van der Waals surface area contributed by atoms with E-state index in [1.54, 1.807) is 0 Å². The van der Waals surface area contributed by atoms with Crippen LogP contribution in [0.3, 0.4) is 0 Å². The van der Waals surface area contributed by atoms with Crippen LogP contribution in [0.2, 0.25) is 0 Å². The molecule has 0 unspecified atom stereocenters. The molecule has 0 bridgehead atoms. The first kappa shape index (κ1) is 20.0. The van der Waals surface area contributed by atoms with Crippen LogP contribution in [-0.4, -0.2) is 11.6 Å². The van der Waals surface area contributed by atoms with Crippen LogP contribution < -0.4 is 0 Å². The highest BCUT2D eigenvalue weighted by Crippen LogP contribution is 2.32. The van der Waals surface area contributed by atoms with Crippen molar-refractivity contribution < 1.29 is 9.59 Å². The second kappa shape index (κ2) is 9.45. The lowest BCUT2D eigenvalue weighted by atomic mass is 9.82. The fourth-order valence-electron chi connectivity index (χ4n) is 3.95. The van der Waals surface area contributed by atoms with Gasteiger partial charge in [0.2, 0.25) is 0 Å². The zero-order chi connectivity index (χ0) is 19.2. The highest BCUT2D eigenvalue weighted by atomic mass is 32.1. The Morgan fingerprint density at radius 2 is 1.07 bits per heavy atom. The number of hydrogen-bond acceptors (Lipinski definition) is 3. The highest BCUT2D eigenvalue weighted by molar-refractivity contribution is 7.08. The molecule has 3 heteroatoms. The smallest absolute Gasteiger partial charge is 0.195 e. The van der Waals surface area contributed by atoms with Gasteiger partial charge in [-0.1, -0.05) is 52.4 Å². The summed E-state index contributed by atoms with van der Waals surface area (Å²) in [6, 6.07) is 4.08. The Hall–Kier alpha value is -1.74. The number of ketones is 2. The summed E-state index contributed by atoms with van der Waals surface area (Å²) in [5.74, 6) is 0.0429. The van der Waals surface area contributed by atoms with E-state index in [-0.39, 0.29) is 11.6 Å². The lowest BCUT2D eigenvalue weighted by Gasteiger charge is -2.19. The Kier molecular flexibility index (Phi) is 7.01. The zero-order valence-electron chi connectivity index (χ0n) is 16.6. The molecule has 2 nitrogen and oxygen atoms in total. The van der Waals surface area contributed by atoms with Crippen molar-refractivity contribution in [2.24, 2.45) is 0 Å². The predicted molar refractivity (Wildman–Crippen MR) is 113 cm³/mol. The normalized spacial score (nSPS) is 13.0. The maximum Gasteiger partial charge on any atom is 0.195 e. The molecule has 0 aliphatic heterocycles. The Morgan fingerprint density at radius 3 is 1.48 bits per heavy atom. The van der Waals surface area contributed by atoms with Crippen LogP contribution in [0, 0.1) is 0 Å². The number of thiophene rings is 1. The van der Waals surface area contributed by atoms with Crippen molar-refractivity contribution in [3.8, 4) is 0 Å². The van der Waals surface area contributed by atoms with Gasteiger partial charge in [-0.25, -0.2) is 0 Å². The molecule has 3 rings (SSSR count). The number of rotatable bonds is 10. The molecule has 1 heterocycles. The Morgan fingerprint density at radius 1 is 0.630 bits per heavy atom. The molecule has 1 aromatic heterocycles. The van der Waals surface area contributed by atoms with Crippen molar-refractivity contribution in [1.29, 1.82) is 0 Å². The van der Waals surface area contributed by atoms with E-state index in [4.69, 9.17) is 0 Å². The topological polar surface area (TPSA) is 34.1 Å². The third-order valence-electron chi connectivity index (χ3n) is 5.58. The van der Waals surface area contributed by atoms with Gasteiger partial charge in [0.1, 0.15) is 0 Å². The van der Waals surface area contributed by atoms with Gasteiger partial charge in [-0.05, 0) is 48.9 Å². The van der Waals surface area contributed by atoms with E-state index in [9.17, 15) is 9.59 Å². The van der Waals surface area contributed by atoms with Gasteiger partial charge in [0.15, 0.2) is 11.6 Å². The third kappa shape index (κ3) is 4.40. The summed E-state index contributed by atoms with van der Waals surface area (Å²) in [6.07, 6.45) is 11.7. The van der Waals surface area contributed by atoms with Crippen LogP contribution in [0.1, 0.15) is 108 Å². The highest BCUT2D eigenvalue weighted by Gasteiger charge is 2.31. The van der Waals surface area contributed by atoms with Crippen molar-refractivity contribution in [1.82, 2.24) is 0 Å². The number of unbranched alkanes of at least 4 members (excludes halogenated alkanes) is 6. The van der Waals surface area contributed by atoms with Crippen LogP contribution in [0.15, 0.2) is 22.9 Å². The van der Waals surface area contributed by atoms with Gasteiger partial charge in [0.25, 0.3) is 0 Å². The molecule has 0 fully saturated rings. The van der Waals surface area contributed by atoms with Crippen molar-refractivity contribution in [3.63, 3.8) is 0 Å². The van der Waals surface area contributed by atoms with Gasteiger partial charge in [-0.2, -0.15) is 11.3 Å². The largest absolute Gasteiger partial charge is 0.289 e. The fraction of sp³-hybridized carbons (Fsp3) is 0.500. The van der Waals surface area contributed by atoms with Gasteiger partial charge in [-0.15, -0.1) is 0 Å². The fourth-order valence-corrected chi connectivity index (χ4v) is 4.76. The van der Waals surface area contributed by atoms with Gasteiger partial charge >= 0.3 is 0 Å². The first-order valence-electron chi connectivity index (χ1n) is 10.5. The summed E-state index contributed by atoms with van der Waals surface area (Å²) < 4.78 is 0. The molecule has 0 spiro atoms. The summed E-state index contributed by atoms with van der Waals surface area (Å²) in [4.78, 5) is 25.8. The monoisotopic (exact) mass is 382 g/mol. The molecular formula is C24H30O2S. The molecule has 1 aliphatic carbocycles. The van der Waals surface area contributed by atoms with Crippen LogP contribution in [0.5, 0.6) is 0 Å². The van der Waals surface area contributed by atoms with Crippen LogP contribution in [0.25, 0.3) is 0 Å². The number of fused-ring (bicyclic) bond motifs is 2. The number of benzene rings is 1. The van der Waals surface area contributed by atoms with E-state index < -0.39 is 0 Å². The van der Waals surface area contributed by atoms with Gasteiger partial charge in [0.05, 0.1) is 0 Å². The first-order chi connectivity index (χ1) is 13.2. The Balaban J connectivity index is 1.89. The molecule has 1 aromatic carbocycles. The van der Waals surface area contributed by atoms with Crippen molar-refractivity contribution >= 4 is 22.9 Å². The predicted octanol–water partition coefficient (Wildman–Crippen LogP) is 6.77. The van der Waals surface area contributed by atoms with Crippen LogP contribution in [-0.2, 0) is 12.8 Å². The third-order valence-corrected chi connectivity index (χ3v) is 6.32. The zero-order valence-corrected chi connectivity index (χ0v) is 17.4. The summed E-state index contributed by atoms with van der Waals surface area (Å²) in [6.45, 7) is 4.45.